The van der Waals surface area contributed by atoms with Crippen LogP contribution in [0.2, 0.25) is 0 Å². The van der Waals surface area contributed by atoms with Crippen LogP contribution in [0.4, 0.5) is 5.69 Å². The van der Waals surface area contributed by atoms with E-state index < -0.39 is 0 Å². The molecule has 0 amide bonds. The van der Waals surface area contributed by atoms with Gasteiger partial charge in [0.2, 0.25) is 0 Å². The highest BCUT2D eigenvalue weighted by Gasteiger charge is 2.22. The molecule has 94 valence electrons. The molecule has 1 atom stereocenters. The lowest BCUT2D eigenvalue weighted by Gasteiger charge is -2.33. The number of anilines is 1. The predicted octanol–water partition coefficient (Wildman–Crippen LogP) is 3.14. The van der Waals surface area contributed by atoms with Gasteiger partial charge < -0.3 is 10.2 Å². The molecule has 0 aliphatic carbocycles. The Balaban J connectivity index is 1.93. The Morgan fingerprint density at radius 3 is 2.53 bits per heavy atom. The fourth-order valence-electron chi connectivity index (χ4n) is 2.63. The molecule has 1 aliphatic heterocycles. The van der Waals surface area contributed by atoms with Crippen molar-refractivity contribution in [2.45, 2.75) is 32.7 Å². The first-order valence-corrected chi connectivity index (χ1v) is 6.67. The van der Waals surface area contributed by atoms with Gasteiger partial charge in [0.05, 0.1) is 0 Å². The zero-order chi connectivity index (χ0) is 12.3. The number of benzene rings is 1. The molecule has 1 saturated heterocycles. The van der Waals surface area contributed by atoms with E-state index in [1.807, 2.05) is 0 Å². The molecule has 1 aliphatic rings. The summed E-state index contributed by atoms with van der Waals surface area (Å²) in [5.74, 6) is 0.811. The van der Waals surface area contributed by atoms with E-state index in [0.717, 1.165) is 5.92 Å². The lowest BCUT2D eigenvalue weighted by Crippen LogP contribution is -2.37. The Bertz CT molecular complexity index is 354. The Morgan fingerprint density at radius 1 is 1.24 bits per heavy atom. The number of para-hydroxylation sites is 1. The Kier molecular flexibility index (Phi) is 4.06. The van der Waals surface area contributed by atoms with E-state index in [2.05, 4.69) is 55.4 Å². The minimum atomic E-state index is 0.574. The van der Waals surface area contributed by atoms with Crippen molar-refractivity contribution in [3.63, 3.8) is 0 Å². The minimum Gasteiger partial charge on any atom is -0.382 e. The highest BCUT2D eigenvalue weighted by atomic mass is 15.1. The second-order valence-electron chi connectivity index (χ2n) is 5.39. The van der Waals surface area contributed by atoms with Crippen molar-refractivity contribution in [3.8, 4) is 0 Å². The van der Waals surface area contributed by atoms with Crippen LogP contribution in [0.15, 0.2) is 24.3 Å². The molecule has 2 rings (SSSR count). The molecule has 0 radical (unpaired) electrons. The molecule has 0 bridgehead atoms. The van der Waals surface area contributed by atoms with E-state index in [4.69, 9.17) is 0 Å². The maximum atomic E-state index is 3.68. The molecule has 17 heavy (non-hydrogen) atoms. The lowest BCUT2D eigenvalue weighted by atomic mass is 9.90. The smallest absolute Gasteiger partial charge is 0.0372 e. The van der Waals surface area contributed by atoms with Crippen LogP contribution in [0, 0.1) is 12.8 Å². The second kappa shape index (κ2) is 5.54. The molecular formula is C15H24N2. The predicted molar refractivity (Wildman–Crippen MR) is 74.5 cm³/mol. The number of likely N-dealkylation sites (tertiary alicyclic amines) is 1. The molecule has 0 spiro atoms. The summed E-state index contributed by atoms with van der Waals surface area (Å²) >= 11 is 0. The summed E-state index contributed by atoms with van der Waals surface area (Å²) in [6.07, 6.45) is 2.63. The maximum absolute atomic E-state index is 3.68. The molecule has 1 unspecified atom stereocenters. The molecule has 0 aromatic heterocycles. The van der Waals surface area contributed by atoms with Gasteiger partial charge in [0.1, 0.15) is 0 Å². The van der Waals surface area contributed by atoms with Gasteiger partial charge in [-0.2, -0.15) is 0 Å². The highest BCUT2D eigenvalue weighted by Crippen LogP contribution is 2.23. The average Bonchev–Trinajstić information content (AvgIpc) is 2.33. The Labute approximate surface area is 105 Å². The van der Waals surface area contributed by atoms with E-state index in [-0.39, 0.29) is 0 Å². The third kappa shape index (κ3) is 3.22. The first-order chi connectivity index (χ1) is 8.16. The maximum Gasteiger partial charge on any atom is 0.0372 e. The first kappa shape index (κ1) is 12.4. The first-order valence-electron chi connectivity index (χ1n) is 6.67. The number of hydrogen-bond donors (Lipinski definition) is 1. The van der Waals surface area contributed by atoms with Gasteiger partial charge in [-0.1, -0.05) is 18.2 Å². The van der Waals surface area contributed by atoms with Crippen molar-refractivity contribution in [3.05, 3.63) is 29.8 Å². The van der Waals surface area contributed by atoms with Crippen LogP contribution >= 0.6 is 0 Å². The quantitative estimate of drug-likeness (QED) is 0.861. The number of nitrogens with one attached hydrogen (secondary N) is 1. The van der Waals surface area contributed by atoms with Crippen molar-refractivity contribution in [1.29, 1.82) is 0 Å². The van der Waals surface area contributed by atoms with Gasteiger partial charge in [0.25, 0.3) is 0 Å². The normalized spacial score (nSPS) is 20.2. The van der Waals surface area contributed by atoms with Crippen LogP contribution in [0.3, 0.4) is 0 Å². The van der Waals surface area contributed by atoms with Crippen molar-refractivity contribution < 1.29 is 0 Å². The van der Waals surface area contributed by atoms with E-state index in [0.29, 0.717) is 6.04 Å². The molecule has 2 nitrogen and oxygen atoms in total. The number of aryl methyl sites for hydroxylation is 1. The lowest BCUT2D eigenvalue weighted by molar-refractivity contribution is 0.208. The minimum absolute atomic E-state index is 0.574. The van der Waals surface area contributed by atoms with E-state index >= 15 is 0 Å². The molecule has 1 aromatic rings. The van der Waals surface area contributed by atoms with Crippen molar-refractivity contribution in [1.82, 2.24) is 4.90 Å². The van der Waals surface area contributed by atoms with Crippen molar-refractivity contribution in [2.24, 2.45) is 5.92 Å². The average molecular weight is 232 g/mol. The van der Waals surface area contributed by atoms with E-state index in [9.17, 15) is 0 Å². The van der Waals surface area contributed by atoms with E-state index in [1.165, 1.54) is 37.2 Å². The number of nitrogens with zero attached hydrogens (tertiary/aromatic N) is 1. The van der Waals surface area contributed by atoms with Gasteiger partial charge in [0, 0.05) is 11.7 Å². The second-order valence-corrected chi connectivity index (χ2v) is 5.39. The summed E-state index contributed by atoms with van der Waals surface area (Å²) in [5.41, 5.74) is 2.63. The van der Waals surface area contributed by atoms with Gasteiger partial charge in [0.15, 0.2) is 0 Å². The van der Waals surface area contributed by atoms with Crippen LogP contribution in [-0.4, -0.2) is 31.1 Å². The third-order valence-corrected chi connectivity index (χ3v) is 4.00. The fraction of sp³-hybridized carbons (Fsp3) is 0.600. The monoisotopic (exact) mass is 232 g/mol. The van der Waals surface area contributed by atoms with Crippen LogP contribution < -0.4 is 5.32 Å². The van der Waals surface area contributed by atoms with Crippen molar-refractivity contribution >= 4 is 5.69 Å². The van der Waals surface area contributed by atoms with Gasteiger partial charge in [-0.3, -0.25) is 0 Å². The Hall–Kier alpha value is -1.02. The molecule has 0 saturated carbocycles. The highest BCUT2D eigenvalue weighted by molar-refractivity contribution is 5.50. The van der Waals surface area contributed by atoms with Gasteiger partial charge in [-0.15, -0.1) is 0 Å². The summed E-state index contributed by atoms with van der Waals surface area (Å²) in [6, 6.07) is 9.13. The molecule has 2 heteroatoms. The summed E-state index contributed by atoms with van der Waals surface area (Å²) in [7, 11) is 2.22. The van der Waals surface area contributed by atoms with Crippen LogP contribution in [-0.2, 0) is 0 Å². The SMILES string of the molecule is Cc1ccccc1NC(C)C1CCN(C)CC1. The molecule has 1 heterocycles. The molecule has 1 fully saturated rings. The number of hydrogen-bond acceptors (Lipinski definition) is 2. The number of rotatable bonds is 3. The zero-order valence-electron chi connectivity index (χ0n) is 11.2. The molecule has 1 aromatic carbocycles. The third-order valence-electron chi connectivity index (χ3n) is 4.00. The number of piperidine rings is 1. The molecule has 1 N–H and O–H groups in total. The largest absolute Gasteiger partial charge is 0.382 e. The summed E-state index contributed by atoms with van der Waals surface area (Å²) < 4.78 is 0. The topological polar surface area (TPSA) is 15.3 Å². The van der Waals surface area contributed by atoms with Gasteiger partial charge >= 0.3 is 0 Å². The van der Waals surface area contributed by atoms with Crippen LogP contribution in [0.25, 0.3) is 0 Å². The summed E-state index contributed by atoms with van der Waals surface area (Å²) in [6.45, 7) is 6.97. The van der Waals surface area contributed by atoms with Crippen LogP contribution in [0.5, 0.6) is 0 Å². The summed E-state index contributed by atoms with van der Waals surface area (Å²) in [5, 5.41) is 3.68. The van der Waals surface area contributed by atoms with Crippen molar-refractivity contribution in [2.75, 3.05) is 25.5 Å². The zero-order valence-corrected chi connectivity index (χ0v) is 11.2. The summed E-state index contributed by atoms with van der Waals surface area (Å²) in [4.78, 5) is 2.43. The van der Waals surface area contributed by atoms with Gasteiger partial charge in [-0.25, -0.2) is 0 Å². The fourth-order valence-corrected chi connectivity index (χ4v) is 2.63. The van der Waals surface area contributed by atoms with E-state index in [1.54, 1.807) is 0 Å². The van der Waals surface area contributed by atoms with Gasteiger partial charge in [-0.05, 0) is 64.4 Å². The standard InChI is InChI=1S/C15H24N2/c1-12-6-4-5-7-15(12)16-13(2)14-8-10-17(3)11-9-14/h4-7,13-14,16H,8-11H2,1-3H3. The van der Waals surface area contributed by atoms with Crippen LogP contribution in [0.1, 0.15) is 25.3 Å². The Morgan fingerprint density at radius 2 is 1.88 bits per heavy atom. The molecular weight excluding hydrogens is 208 g/mol.